The summed E-state index contributed by atoms with van der Waals surface area (Å²) < 4.78 is 11.3. The normalized spacial score (nSPS) is 12.9. The zero-order chi connectivity index (χ0) is 10.1. The fourth-order valence-electron chi connectivity index (χ4n) is 1.56. The monoisotopic (exact) mass is 197 g/mol. The summed E-state index contributed by atoms with van der Waals surface area (Å²) in [4.78, 5) is 3.95. The zero-order valence-corrected chi connectivity index (χ0v) is 7.96. The van der Waals surface area contributed by atoms with E-state index in [1.165, 1.54) is 0 Å². The minimum atomic E-state index is -0.342. The maximum atomic E-state index is 5.64. The molecule has 1 aliphatic rings. The van der Waals surface area contributed by atoms with Gasteiger partial charge in [0, 0.05) is 17.9 Å². The van der Waals surface area contributed by atoms with Gasteiger partial charge in [-0.05, 0) is 24.3 Å². The molecule has 0 unspecified atom stereocenters. The summed E-state index contributed by atoms with van der Waals surface area (Å²) in [6.07, 6.45) is 3.45. The largest absolute Gasteiger partial charge is 0.632 e. The van der Waals surface area contributed by atoms with Gasteiger partial charge in [0.15, 0.2) is 0 Å². The predicted octanol–water partition coefficient (Wildman–Crippen LogP) is 1.25. The summed E-state index contributed by atoms with van der Waals surface area (Å²) >= 11 is 0. The van der Waals surface area contributed by atoms with Gasteiger partial charge in [0.25, 0.3) is 0 Å². The Hall–Kier alpha value is -1.97. The summed E-state index contributed by atoms with van der Waals surface area (Å²) in [5.74, 6) is 1.58. The molecule has 3 rings (SSSR count). The molecule has 0 saturated heterocycles. The lowest BCUT2D eigenvalue weighted by Crippen LogP contribution is -2.38. The molecule has 1 aromatic heterocycles. The molecule has 0 aliphatic carbocycles. The van der Waals surface area contributed by atoms with E-state index in [4.69, 9.17) is 9.31 Å². The maximum Gasteiger partial charge on any atom is 0.632 e. The fourth-order valence-corrected chi connectivity index (χ4v) is 1.56. The van der Waals surface area contributed by atoms with E-state index in [2.05, 4.69) is 4.98 Å². The van der Waals surface area contributed by atoms with E-state index in [0.29, 0.717) is 0 Å². The number of nitrogens with zero attached hydrogens (tertiary/aromatic N) is 1. The number of pyridine rings is 1. The van der Waals surface area contributed by atoms with E-state index in [9.17, 15) is 0 Å². The molecule has 72 valence electrons. The van der Waals surface area contributed by atoms with Crippen LogP contribution < -0.4 is 14.8 Å². The van der Waals surface area contributed by atoms with Crippen molar-refractivity contribution in [1.29, 1.82) is 0 Å². The highest BCUT2D eigenvalue weighted by molar-refractivity contribution is 6.63. The van der Waals surface area contributed by atoms with Crippen LogP contribution in [0.25, 0.3) is 0 Å². The molecule has 0 atom stereocenters. The highest BCUT2D eigenvalue weighted by atomic mass is 16.6. The number of aromatic nitrogens is 1. The molecule has 1 aliphatic heterocycles. The Kier molecular flexibility index (Phi) is 1.84. The number of hydrogen-bond acceptors (Lipinski definition) is 3. The van der Waals surface area contributed by atoms with Crippen molar-refractivity contribution in [3.8, 4) is 11.5 Å². The molecule has 2 heterocycles. The van der Waals surface area contributed by atoms with Gasteiger partial charge in [-0.3, -0.25) is 4.98 Å². The van der Waals surface area contributed by atoms with Crippen molar-refractivity contribution in [2.75, 3.05) is 0 Å². The van der Waals surface area contributed by atoms with Crippen LogP contribution in [-0.2, 0) is 0 Å². The topological polar surface area (TPSA) is 31.4 Å². The summed E-state index contributed by atoms with van der Waals surface area (Å²) in [7, 11) is -0.342. The Morgan fingerprint density at radius 2 is 1.47 bits per heavy atom. The van der Waals surface area contributed by atoms with Crippen molar-refractivity contribution in [3.05, 3.63) is 48.8 Å². The van der Waals surface area contributed by atoms with Crippen LogP contribution in [0.1, 0.15) is 0 Å². The van der Waals surface area contributed by atoms with E-state index in [0.717, 1.165) is 17.0 Å². The molecule has 2 aromatic rings. The quantitative estimate of drug-likeness (QED) is 0.644. The highest BCUT2D eigenvalue weighted by Crippen LogP contribution is 2.32. The van der Waals surface area contributed by atoms with Crippen LogP contribution in [0, 0.1) is 0 Å². The van der Waals surface area contributed by atoms with E-state index in [1.54, 1.807) is 12.4 Å². The van der Waals surface area contributed by atoms with Crippen LogP contribution in [0.3, 0.4) is 0 Å². The van der Waals surface area contributed by atoms with Gasteiger partial charge in [0.05, 0.1) is 0 Å². The Balaban J connectivity index is 1.91. The smallest absolute Gasteiger partial charge is 0.519 e. The minimum Gasteiger partial charge on any atom is -0.519 e. The molecule has 0 fully saturated rings. The number of hydrogen-bond donors (Lipinski definition) is 0. The van der Waals surface area contributed by atoms with Crippen molar-refractivity contribution >= 4 is 12.6 Å². The lowest BCUT2D eigenvalue weighted by Gasteiger charge is -2.03. The van der Waals surface area contributed by atoms with Crippen molar-refractivity contribution in [1.82, 2.24) is 4.98 Å². The first-order chi connectivity index (χ1) is 7.43. The van der Waals surface area contributed by atoms with E-state index in [1.807, 2.05) is 36.4 Å². The average Bonchev–Trinajstić information content (AvgIpc) is 2.74. The van der Waals surface area contributed by atoms with Crippen LogP contribution in [0.5, 0.6) is 11.5 Å². The highest BCUT2D eigenvalue weighted by Gasteiger charge is 2.33. The number of fused-ring (bicyclic) bond motifs is 1. The molecule has 1 aromatic carbocycles. The molecule has 0 amide bonds. The van der Waals surface area contributed by atoms with Crippen LogP contribution in [0.2, 0.25) is 0 Å². The van der Waals surface area contributed by atoms with Gasteiger partial charge in [-0.15, -0.1) is 0 Å². The second-order valence-electron chi connectivity index (χ2n) is 3.29. The summed E-state index contributed by atoms with van der Waals surface area (Å²) in [6, 6.07) is 11.4. The first-order valence-electron chi connectivity index (χ1n) is 4.76. The van der Waals surface area contributed by atoms with Crippen molar-refractivity contribution in [3.63, 3.8) is 0 Å². The Morgan fingerprint density at radius 1 is 0.867 bits per heavy atom. The molecule has 3 nitrogen and oxygen atoms in total. The summed E-state index contributed by atoms with van der Waals surface area (Å²) in [5.41, 5.74) is 0.973. The van der Waals surface area contributed by atoms with Crippen molar-refractivity contribution < 1.29 is 9.31 Å². The van der Waals surface area contributed by atoms with Gasteiger partial charge in [-0.2, -0.15) is 0 Å². The maximum absolute atomic E-state index is 5.64. The molecule has 0 radical (unpaired) electrons. The predicted molar refractivity (Wildman–Crippen MR) is 57.3 cm³/mol. The number of para-hydroxylation sites is 2. The van der Waals surface area contributed by atoms with Crippen molar-refractivity contribution in [2.24, 2.45) is 0 Å². The fraction of sp³-hybridized carbons (Fsp3) is 0. The molecular weight excluding hydrogens is 189 g/mol. The molecule has 0 spiro atoms. The van der Waals surface area contributed by atoms with Gasteiger partial charge < -0.3 is 9.31 Å². The molecule has 0 saturated carbocycles. The molecule has 0 N–H and O–H groups in total. The van der Waals surface area contributed by atoms with E-state index in [-0.39, 0.29) is 7.12 Å². The van der Waals surface area contributed by atoms with Gasteiger partial charge in [0.2, 0.25) is 0 Å². The minimum absolute atomic E-state index is 0.342. The first-order valence-corrected chi connectivity index (χ1v) is 4.76. The van der Waals surface area contributed by atoms with Crippen LogP contribution in [0.15, 0.2) is 48.8 Å². The van der Waals surface area contributed by atoms with Crippen molar-refractivity contribution in [2.45, 2.75) is 0 Å². The molecule has 0 bridgehead atoms. The third kappa shape index (κ3) is 1.44. The average molecular weight is 197 g/mol. The zero-order valence-electron chi connectivity index (χ0n) is 7.96. The van der Waals surface area contributed by atoms with Crippen LogP contribution in [0.4, 0.5) is 0 Å². The summed E-state index contributed by atoms with van der Waals surface area (Å²) in [5, 5.41) is 0. The molecule has 15 heavy (non-hydrogen) atoms. The Labute approximate surface area is 87.8 Å². The lowest BCUT2D eigenvalue weighted by molar-refractivity contribution is 0.518. The Morgan fingerprint density at radius 3 is 2.07 bits per heavy atom. The molecule has 4 heteroatoms. The standard InChI is InChI=1S/C11H8BNO2/c1-2-4-11-10(3-1)14-12(15-11)9-5-7-13-8-6-9/h1-8H. The first kappa shape index (κ1) is 8.35. The second-order valence-corrected chi connectivity index (χ2v) is 3.29. The van der Waals surface area contributed by atoms with Gasteiger partial charge >= 0.3 is 7.12 Å². The van der Waals surface area contributed by atoms with Crippen LogP contribution >= 0.6 is 0 Å². The number of rotatable bonds is 1. The molecular formula is C11H8BNO2. The summed E-state index contributed by atoms with van der Waals surface area (Å²) in [6.45, 7) is 0. The third-order valence-corrected chi connectivity index (χ3v) is 2.30. The van der Waals surface area contributed by atoms with E-state index >= 15 is 0 Å². The number of benzene rings is 1. The van der Waals surface area contributed by atoms with Crippen LogP contribution in [-0.4, -0.2) is 12.1 Å². The van der Waals surface area contributed by atoms with Gasteiger partial charge in [-0.1, -0.05) is 12.1 Å². The SMILES string of the molecule is c1ccc2c(c1)OB(c1ccncc1)O2. The Bertz CT molecular complexity index is 450. The second kappa shape index (κ2) is 3.31. The van der Waals surface area contributed by atoms with Gasteiger partial charge in [0.1, 0.15) is 11.5 Å². The van der Waals surface area contributed by atoms with Gasteiger partial charge in [-0.25, -0.2) is 0 Å². The third-order valence-electron chi connectivity index (χ3n) is 2.30. The lowest BCUT2D eigenvalue weighted by atomic mass is 9.80. The van der Waals surface area contributed by atoms with E-state index < -0.39 is 0 Å².